The SMILES string of the molecule is CCC(N)C(c1ccc(OC)cc1)N(CC)CCO. The molecule has 2 unspecified atom stereocenters. The lowest BCUT2D eigenvalue weighted by atomic mass is 9.96. The van der Waals surface area contributed by atoms with Crippen molar-refractivity contribution in [3.05, 3.63) is 29.8 Å². The number of nitrogens with two attached hydrogens (primary N) is 1. The van der Waals surface area contributed by atoms with Crippen LogP contribution in [-0.2, 0) is 0 Å². The van der Waals surface area contributed by atoms with Crippen molar-refractivity contribution >= 4 is 0 Å². The fourth-order valence-corrected chi connectivity index (χ4v) is 2.38. The summed E-state index contributed by atoms with van der Waals surface area (Å²) in [6, 6.07) is 8.21. The van der Waals surface area contributed by atoms with Gasteiger partial charge < -0.3 is 15.6 Å². The van der Waals surface area contributed by atoms with Gasteiger partial charge in [-0.3, -0.25) is 4.90 Å². The molecule has 1 rings (SSSR count). The summed E-state index contributed by atoms with van der Waals surface area (Å²) in [5.41, 5.74) is 7.44. The van der Waals surface area contributed by atoms with Gasteiger partial charge in [0.05, 0.1) is 13.7 Å². The van der Waals surface area contributed by atoms with E-state index in [1.165, 1.54) is 5.56 Å². The van der Waals surface area contributed by atoms with Gasteiger partial charge in [-0.25, -0.2) is 0 Å². The summed E-state index contributed by atoms with van der Waals surface area (Å²) >= 11 is 0. The highest BCUT2D eigenvalue weighted by Crippen LogP contribution is 2.26. The second kappa shape index (κ2) is 8.15. The third-order valence-corrected chi connectivity index (χ3v) is 3.52. The number of aliphatic hydroxyl groups excluding tert-OH is 1. The van der Waals surface area contributed by atoms with Gasteiger partial charge in [-0.1, -0.05) is 26.0 Å². The molecule has 0 heterocycles. The summed E-state index contributed by atoms with van der Waals surface area (Å²) in [5, 5.41) is 9.20. The first-order chi connectivity index (χ1) is 9.17. The number of rotatable bonds is 8. The molecule has 1 aromatic rings. The highest BCUT2D eigenvalue weighted by atomic mass is 16.5. The normalized spacial score (nSPS) is 14.4. The van der Waals surface area contributed by atoms with E-state index < -0.39 is 0 Å². The number of ether oxygens (including phenoxy) is 1. The van der Waals surface area contributed by atoms with Gasteiger partial charge in [0.1, 0.15) is 5.75 Å². The Morgan fingerprint density at radius 3 is 2.32 bits per heavy atom. The molecule has 108 valence electrons. The zero-order valence-corrected chi connectivity index (χ0v) is 12.2. The van der Waals surface area contributed by atoms with Crippen LogP contribution in [0, 0.1) is 0 Å². The molecule has 19 heavy (non-hydrogen) atoms. The largest absolute Gasteiger partial charge is 0.497 e. The van der Waals surface area contributed by atoms with Gasteiger partial charge in [-0.05, 0) is 30.7 Å². The molecule has 0 aliphatic rings. The third kappa shape index (κ3) is 4.20. The first kappa shape index (κ1) is 16.0. The number of benzene rings is 1. The number of hydrogen-bond donors (Lipinski definition) is 2. The van der Waals surface area contributed by atoms with Crippen molar-refractivity contribution in [2.75, 3.05) is 26.8 Å². The van der Waals surface area contributed by atoms with Crippen LogP contribution in [0.1, 0.15) is 31.9 Å². The van der Waals surface area contributed by atoms with Crippen molar-refractivity contribution in [3.8, 4) is 5.75 Å². The lowest BCUT2D eigenvalue weighted by Gasteiger charge is -2.34. The molecule has 0 aromatic heterocycles. The predicted octanol–water partition coefficient (Wildman–Crippen LogP) is 1.79. The van der Waals surface area contributed by atoms with Crippen LogP contribution < -0.4 is 10.5 Å². The fraction of sp³-hybridized carbons (Fsp3) is 0.600. The van der Waals surface area contributed by atoms with Crippen molar-refractivity contribution < 1.29 is 9.84 Å². The van der Waals surface area contributed by atoms with Gasteiger partial charge in [-0.15, -0.1) is 0 Å². The van der Waals surface area contributed by atoms with Crippen LogP contribution in [0.5, 0.6) is 5.75 Å². The molecule has 3 N–H and O–H groups in total. The first-order valence-corrected chi connectivity index (χ1v) is 6.92. The van der Waals surface area contributed by atoms with Crippen molar-refractivity contribution in [1.29, 1.82) is 0 Å². The first-order valence-electron chi connectivity index (χ1n) is 6.92. The van der Waals surface area contributed by atoms with E-state index in [4.69, 9.17) is 10.5 Å². The van der Waals surface area contributed by atoms with Crippen molar-refractivity contribution in [2.24, 2.45) is 5.73 Å². The van der Waals surface area contributed by atoms with E-state index in [9.17, 15) is 5.11 Å². The number of nitrogens with zero attached hydrogens (tertiary/aromatic N) is 1. The number of hydrogen-bond acceptors (Lipinski definition) is 4. The van der Waals surface area contributed by atoms with Gasteiger partial charge in [0.25, 0.3) is 0 Å². The summed E-state index contributed by atoms with van der Waals surface area (Å²) < 4.78 is 5.19. The highest BCUT2D eigenvalue weighted by molar-refractivity contribution is 5.30. The number of methoxy groups -OCH3 is 1. The maximum absolute atomic E-state index is 9.20. The Hall–Kier alpha value is -1.10. The van der Waals surface area contributed by atoms with Crippen LogP contribution in [0.4, 0.5) is 0 Å². The van der Waals surface area contributed by atoms with Crippen LogP contribution in [0.3, 0.4) is 0 Å². The summed E-state index contributed by atoms with van der Waals surface area (Å²) in [5.74, 6) is 0.845. The minimum absolute atomic E-state index is 0.0555. The summed E-state index contributed by atoms with van der Waals surface area (Å²) in [6.07, 6.45) is 0.901. The average molecular weight is 266 g/mol. The van der Waals surface area contributed by atoms with Gasteiger partial charge in [-0.2, -0.15) is 0 Å². The molecule has 0 aliphatic heterocycles. The molecule has 0 saturated carbocycles. The molecule has 0 spiro atoms. The lowest BCUT2D eigenvalue weighted by molar-refractivity contribution is 0.138. The van der Waals surface area contributed by atoms with Crippen LogP contribution in [0.2, 0.25) is 0 Å². The van der Waals surface area contributed by atoms with Gasteiger partial charge in [0.15, 0.2) is 0 Å². The van der Waals surface area contributed by atoms with E-state index >= 15 is 0 Å². The van der Waals surface area contributed by atoms with E-state index in [2.05, 4.69) is 30.9 Å². The molecule has 0 amide bonds. The van der Waals surface area contributed by atoms with E-state index in [0.29, 0.717) is 6.54 Å². The van der Waals surface area contributed by atoms with E-state index in [0.717, 1.165) is 18.7 Å². The molecule has 2 atom stereocenters. The van der Waals surface area contributed by atoms with Crippen molar-refractivity contribution in [2.45, 2.75) is 32.4 Å². The number of likely N-dealkylation sites (N-methyl/N-ethyl adjacent to an activating group) is 1. The maximum atomic E-state index is 9.20. The zero-order chi connectivity index (χ0) is 14.3. The third-order valence-electron chi connectivity index (χ3n) is 3.52. The van der Waals surface area contributed by atoms with Crippen LogP contribution in [0.25, 0.3) is 0 Å². The van der Waals surface area contributed by atoms with Gasteiger partial charge >= 0.3 is 0 Å². The van der Waals surface area contributed by atoms with E-state index in [1.807, 2.05) is 12.1 Å². The quantitative estimate of drug-likeness (QED) is 0.753. The minimum Gasteiger partial charge on any atom is -0.497 e. The van der Waals surface area contributed by atoms with Crippen LogP contribution in [0.15, 0.2) is 24.3 Å². The minimum atomic E-state index is 0.0555. The summed E-state index contributed by atoms with van der Waals surface area (Å²) in [6.45, 7) is 5.84. The molecule has 0 aliphatic carbocycles. The summed E-state index contributed by atoms with van der Waals surface area (Å²) in [7, 11) is 1.66. The predicted molar refractivity (Wildman–Crippen MR) is 78.3 cm³/mol. The number of aliphatic hydroxyl groups is 1. The monoisotopic (exact) mass is 266 g/mol. The molecule has 4 heteroatoms. The fourth-order valence-electron chi connectivity index (χ4n) is 2.38. The van der Waals surface area contributed by atoms with Gasteiger partial charge in [0, 0.05) is 18.6 Å². The summed E-state index contributed by atoms with van der Waals surface area (Å²) in [4.78, 5) is 2.22. The molecule has 1 aromatic carbocycles. The van der Waals surface area contributed by atoms with Crippen molar-refractivity contribution in [3.63, 3.8) is 0 Å². The lowest BCUT2D eigenvalue weighted by Crippen LogP contribution is -2.42. The topological polar surface area (TPSA) is 58.7 Å². The Morgan fingerprint density at radius 1 is 1.26 bits per heavy atom. The Kier molecular flexibility index (Phi) is 6.84. The molecule has 0 saturated heterocycles. The molecule has 0 bridgehead atoms. The van der Waals surface area contributed by atoms with E-state index in [1.54, 1.807) is 7.11 Å². The van der Waals surface area contributed by atoms with Crippen molar-refractivity contribution in [1.82, 2.24) is 4.90 Å². The van der Waals surface area contributed by atoms with Crippen LogP contribution in [-0.4, -0.2) is 42.9 Å². The van der Waals surface area contributed by atoms with Crippen LogP contribution >= 0.6 is 0 Å². The second-order valence-electron chi connectivity index (χ2n) is 4.64. The molecular weight excluding hydrogens is 240 g/mol. The molecule has 0 radical (unpaired) electrons. The Balaban J connectivity index is 3.00. The Labute approximate surface area is 116 Å². The molecule has 0 fully saturated rings. The highest BCUT2D eigenvalue weighted by Gasteiger charge is 2.24. The Morgan fingerprint density at radius 2 is 1.89 bits per heavy atom. The maximum Gasteiger partial charge on any atom is 0.118 e. The second-order valence-corrected chi connectivity index (χ2v) is 4.64. The molecular formula is C15H26N2O2. The Bertz CT molecular complexity index is 354. The average Bonchev–Trinajstić information content (AvgIpc) is 2.46. The van der Waals surface area contributed by atoms with Gasteiger partial charge in [0.2, 0.25) is 0 Å². The molecule has 4 nitrogen and oxygen atoms in total. The smallest absolute Gasteiger partial charge is 0.118 e. The van der Waals surface area contributed by atoms with E-state index in [-0.39, 0.29) is 18.7 Å². The zero-order valence-electron chi connectivity index (χ0n) is 12.2. The standard InChI is InChI=1S/C15H26N2O2/c1-4-14(16)15(17(5-2)10-11-18)12-6-8-13(19-3)9-7-12/h6-9,14-15,18H,4-5,10-11,16H2,1-3H3.